The maximum Gasteiger partial charge on any atom is 0.258 e. The van der Waals surface area contributed by atoms with Crippen LogP contribution in [0.3, 0.4) is 0 Å². The number of amides is 1. The highest BCUT2D eigenvalue weighted by molar-refractivity contribution is 6.08. The van der Waals surface area contributed by atoms with E-state index in [1.165, 1.54) is 0 Å². The van der Waals surface area contributed by atoms with E-state index in [1.54, 1.807) is 28.8 Å². The average Bonchev–Trinajstić information content (AvgIpc) is 2.76. The summed E-state index contributed by atoms with van der Waals surface area (Å²) in [5.41, 5.74) is 3.25. The Morgan fingerprint density at radius 2 is 1.87 bits per heavy atom. The summed E-state index contributed by atoms with van der Waals surface area (Å²) < 4.78 is 1.75. The second kappa shape index (κ2) is 7.75. The molecule has 0 aliphatic carbocycles. The third-order valence-electron chi connectivity index (χ3n) is 5.64. The highest BCUT2D eigenvalue weighted by Gasteiger charge is 2.17. The molecule has 30 heavy (non-hydrogen) atoms. The maximum atomic E-state index is 13.3. The fourth-order valence-electron chi connectivity index (χ4n) is 3.94. The Kier molecular flexibility index (Phi) is 5.12. The van der Waals surface area contributed by atoms with Crippen LogP contribution in [0.15, 0.2) is 65.7 Å². The molecule has 5 nitrogen and oxygen atoms in total. The molecule has 0 saturated carbocycles. The third-order valence-corrected chi connectivity index (χ3v) is 5.64. The van der Waals surface area contributed by atoms with E-state index in [2.05, 4.69) is 18.8 Å². The lowest BCUT2D eigenvalue weighted by Gasteiger charge is -2.20. The number of carbonyl (C=O) groups excluding carboxylic acids is 1. The number of nitrogens with zero attached hydrogens (tertiary/aromatic N) is 3. The van der Waals surface area contributed by atoms with Crippen molar-refractivity contribution in [2.75, 3.05) is 11.9 Å². The number of anilines is 1. The Labute approximate surface area is 175 Å². The second-order valence-corrected chi connectivity index (χ2v) is 7.84. The van der Waals surface area contributed by atoms with Gasteiger partial charge in [0, 0.05) is 54.1 Å². The molecule has 4 rings (SSSR count). The zero-order chi connectivity index (χ0) is 21.4. The predicted octanol–water partition coefficient (Wildman–Crippen LogP) is 4.97. The lowest BCUT2D eigenvalue weighted by molar-refractivity contribution is 0.0993. The topological polar surface area (TPSA) is 55.2 Å². The lowest BCUT2D eigenvalue weighted by Crippen LogP contribution is -2.26. The first-order valence-electron chi connectivity index (χ1n) is 10.2. The summed E-state index contributed by atoms with van der Waals surface area (Å²) in [6.45, 7) is 6.68. The van der Waals surface area contributed by atoms with Gasteiger partial charge < -0.3 is 9.47 Å². The molecule has 0 radical (unpaired) electrons. The summed E-state index contributed by atoms with van der Waals surface area (Å²) in [7, 11) is 1.78. The van der Waals surface area contributed by atoms with Gasteiger partial charge in [-0.25, -0.2) is 0 Å². The molecule has 0 N–H and O–H groups in total. The van der Waals surface area contributed by atoms with Gasteiger partial charge in [0.05, 0.1) is 5.52 Å². The molecule has 2 aromatic carbocycles. The van der Waals surface area contributed by atoms with Crippen LogP contribution < -0.4 is 10.5 Å². The van der Waals surface area contributed by atoms with Gasteiger partial charge in [-0.2, -0.15) is 0 Å². The first kappa shape index (κ1) is 19.8. The van der Waals surface area contributed by atoms with Gasteiger partial charge in [0.2, 0.25) is 0 Å². The molecule has 0 bridgehead atoms. The summed E-state index contributed by atoms with van der Waals surface area (Å²) >= 11 is 0. The number of hydrogen-bond donors (Lipinski definition) is 0. The van der Waals surface area contributed by atoms with E-state index in [0.29, 0.717) is 12.1 Å². The number of aryl methyl sites for hydroxylation is 1. The summed E-state index contributed by atoms with van der Waals surface area (Å²) in [6.07, 6.45) is 3.56. The van der Waals surface area contributed by atoms with Crippen LogP contribution in [0.4, 0.5) is 5.69 Å². The maximum absolute atomic E-state index is 13.3. The van der Waals surface area contributed by atoms with Gasteiger partial charge in [0.1, 0.15) is 0 Å². The van der Waals surface area contributed by atoms with Gasteiger partial charge >= 0.3 is 0 Å². The monoisotopic (exact) mass is 399 g/mol. The number of aromatic nitrogens is 2. The fourth-order valence-corrected chi connectivity index (χ4v) is 3.94. The molecule has 0 saturated heterocycles. The minimum Gasteiger partial charge on any atom is -0.311 e. The van der Waals surface area contributed by atoms with Crippen molar-refractivity contribution >= 4 is 33.3 Å². The Balaban J connectivity index is 1.79. The molecule has 1 amide bonds. The Hall–Kier alpha value is -3.47. The van der Waals surface area contributed by atoms with E-state index in [0.717, 1.165) is 32.9 Å². The minimum absolute atomic E-state index is 0.00412. The van der Waals surface area contributed by atoms with E-state index in [9.17, 15) is 9.59 Å². The van der Waals surface area contributed by atoms with Crippen molar-refractivity contribution in [3.8, 4) is 0 Å². The van der Waals surface area contributed by atoms with Crippen molar-refractivity contribution in [2.45, 2.75) is 33.2 Å². The summed E-state index contributed by atoms with van der Waals surface area (Å²) in [6, 6.07) is 15.1. The van der Waals surface area contributed by atoms with Crippen LogP contribution in [0.5, 0.6) is 0 Å². The SMILES string of the molecule is CCn1c(=O)cc(C(C)C)c2cc(C(=O)N(C)c3ccc4cnccc4c3)ccc21. The van der Waals surface area contributed by atoms with E-state index in [1.807, 2.05) is 55.6 Å². The van der Waals surface area contributed by atoms with Crippen molar-refractivity contribution in [3.63, 3.8) is 0 Å². The molecule has 0 fully saturated rings. The number of fused-ring (bicyclic) bond motifs is 2. The Bertz CT molecular complexity index is 1320. The van der Waals surface area contributed by atoms with E-state index in [4.69, 9.17) is 0 Å². The average molecular weight is 399 g/mol. The number of benzene rings is 2. The molecule has 0 aliphatic heterocycles. The summed E-state index contributed by atoms with van der Waals surface area (Å²) in [5, 5.41) is 3.02. The molecule has 5 heteroatoms. The number of carbonyl (C=O) groups is 1. The summed E-state index contributed by atoms with van der Waals surface area (Å²) in [4.78, 5) is 31.6. The molecule has 2 aromatic heterocycles. The van der Waals surface area contributed by atoms with Gasteiger partial charge in [-0.15, -0.1) is 0 Å². The van der Waals surface area contributed by atoms with E-state index < -0.39 is 0 Å². The van der Waals surface area contributed by atoms with Gasteiger partial charge in [0.15, 0.2) is 0 Å². The lowest BCUT2D eigenvalue weighted by atomic mass is 9.97. The van der Waals surface area contributed by atoms with Gasteiger partial charge in [-0.3, -0.25) is 14.6 Å². The zero-order valence-electron chi connectivity index (χ0n) is 17.7. The molecule has 0 unspecified atom stereocenters. The van der Waals surface area contributed by atoms with E-state index >= 15 is 0 Å². The van der Waals surface area contributed by atoms with Crippen molar-refractivity contribution < 1.29 is 4.79 Å². The van der Waals surface area contributed by atoms with Crippen molar-refractivity contribution in [3.05, 3.63) is 82.4 Å². The van der Waals surface area contributed by atoms with Crippen LogP contribution in [0, 0.1) is 0 Å². The largest absolute Gasteiger partial charge is 0.311 e. The molecule has 0 spiro atoms. The first-order chi connectivity index (χ1) is 14.4. The molecular formula is C25H25N3O2. The quantitative estimate of drug-likeness (QED) is 0.487. The number of pyridine rings is 2. The highest BCUT2D eigenvalue weighted by atomic mass is 16.2. The minimum atomic E-state index is -0.0886. The van der Waals surface area contributed by atoms with Crippen molar-refractivity contribution in [1.29, 1.82) is 0 Å². The van der Waals surface area contributed by atoms with Gasteiger partial charge in [-0.1, -0.05) is 19.9 Å². The van der Waals surface area contributed by atoms with Crippen LogP contribution >= 0.6 is 0 Å². The van der Waals surface area contributed by atoms with Crippen LogP contribution in [-0.2, 0) is 6.54 Å². The van der Waals surface area contributed by atoms with Crippen molar-refractivity contribution in [1.82, 2.24) is 9.55 Å². The molecule has 2 heterocycles. The molecular weight excluding hydrogens is 374 g/mol. The first-order valence-corrected chi connectivity index (χ1v) is 10.2. The molecule has 0 atom stereocenters. The third kappa shape index (κ3) is 3.36. The van der Waals surface area contributed by atoms with Gasteiger partial charge in [-0.05, 0) is 60.2 Å². The van der Waals surface area contributed by atoms with Gasteiger partial charge in [0.25, 0.3) is 11.5 Å². The standard InChI is InChI=1S/C25H25N3O2/c1-5-28-23-9-7-18(13-22(23)21(16(2)3)14-24(28)29)25(30)27(4)20-8-6-19-15-26-11-10-17(19)12-20/h6-16H,5H2,1-4H3. The normalized spacial score (nSPS) is 11.4. The zero-order valence-corrected chi connectivity index (χ0v) is 17.7. The van der Waals surface area contributed by atoms with E-state index in [-0.39, 0.29) is 17.4 Å². The number of rotatable bonds is 4. The molecule has 152 valence electrons. The van der Waals surface area contributed by atoms with Crippen LogP contribution in [0.1, 0.15) is 42.6 Å². The molecule has 0 aliphatic rings. The highest BCUT2D eigenvalue weighted by Crippen LogP contribution is 2.27. The second-order valence-electron chi connectivity index (χ2n) is 7.84. The van der Waals surface area contributed by atoms with Crippen LogP contribution in [0.25, 0.3) is 21.7 Å². The predicted molar refractivity (Wildman–Crippen MR) is 122 cm³/mol. The van der Waals surface area contributed by atoms with Crippen LogP contribution in [0.2, 0.25) is 0 Å². The van der Waals surface area contributed by atoms with Crippen LogP contribution in [-0.4, -0.2) is 22.5 Å². The smallest absolute Gasteiger partial charge is 0.258 e. The Morgan fingerprint density at radius 3 is 2.60 bits per heavy atom. The molecule has 4 aromatic rings. The summed E-state index contributed by atoms with van der Waals surface area (Å²) in [5.74, 6) is 0.0955. The Morgan fingerprint density at radius 1 is 1.07 bits per heavy atom. The number of hydrogen-bond acceptors (Lipinski definition) is 3. The van der Waals surface area contributed by atoms with Crippen molar-refractivity contribution in [2.24, 2.45) is 0 Å². The fraction of sp³-hybridized carbons (Fsp3) is 0.240.